The Morgan fingerprint density at radius 2 is 1.82 bits per heavy atom. The van der Waals surface area contributed by atoms with E-state index in [0.29, 0.717) is 11.3 Å². The summed E-state index contributed by atoms with van der Waals surface area (Å²) in [6.07, 6.45) is 2.07. The molecule has 1 amide bonds. The molecule has 128 valence electrons. The first-order valence-electron chi connectivity index (χ1n) is 7.46. The fourth-order valence-corrected chi connectivity index (χ4v) is 2.24. The van der Waals surface area contributed by atoms with Gasteiger partial charge in [-0.25, -0.2) is 0 Å². The van der Waals surface area contributed by atoms with E-state index < -0.39 is 0 Å². The number of carbonyl (C=O) groups excluding carboxylic acids is 1. The molecule has 4 nitrogen and oxygen atoms in total. The number of nitrogens with two attached hydrogens (primary N) is 1. The first kappa shape index (κ1) is 23.3. The van der Waals surface area contributed by atoms with Gasteiger partial charge in [0, 0.05) is 11.7 Å². The summed E-state index contributed by atoms with van der Waals surface area (Å²) in [6.45, 7) is 9.63. The highest BCUT2D eigenvalue weighted by Gasteiger charge is 2.12. The van der Waals surface area contributed by atoms with E-state index in [4.69, 9.17) is 5.73 Å². The molecule has 1 aromatic carbocycles. The Kier molecular flexibility index (Phi) is 13.3. The highest BCUT2D eigenvalue weighted by Crippen LogP contribution is 2.11. The van der Waals surface area contributed by atoms with E-state index in [-0.39, 0.29) is 36.8 Å². The highest BCUT2D eigenvalue weighted by atomic mass is 35.5. The quantitative estimate of drug-likeness (QED) is 0.707. The Labute approximate surface area is 146 Å². The first-order valence-corrected chi connectivity index (χ1v) is 7.46. The standard InChI is InChI=1S/C16H27N3O.2ClH/c1-4-19(5-2)12-8-9-13(3)18-16(20)14-10-6-7-11-15(14)17;;/h6-7,10-11,13H,4-5,8-9,12,17H2,1-3H3,(H,18,20);2*1H. The van der Waals surface area contributed by atoms with E-state index >= 15 is 0 Å². The summed E-state index contributed by atoms with van der Waals surface area (Å²) in [6, 6.07) is 7.33. The molecular weight excluding hydrogens is 321 g/mol. The number of amides is 1. The molecule has 0 radical (unpaired) electrons. The lowest BCUT2D eigenvalue weighted by Gasteiger charge is -2.20. The maximum Gasteiger partial charge on any atom is 0.253 e. The molecule has 0 aliphatic heterocycles. The summed E-state index contributed by atoms with van der Waals surface area (Å²) in [4.78, 5) is 14.5. The number of halogens is 2. The van der Waals surface area contributed by atoms with Crippen molar-refractivity contribution in [2.24, 2.45) is 0 Å². The van der Waals surface area contributed by atoms with Crippen LogP contribution in [0, 0.1) is 0 Å². The van der Waals surface area contributed by atoms with E-state index in [1.165, 1.54) is 0 Å². The van der Waals surface area contributed by atoms with E-state index in [2.05, 4.69) is 24.1 Å². The van der Waals surface area contributed by atoms with Gasteiger partial charge in [0.15, 0.2) is 0 Å². The average Bonchev–Trinajstić information content (AvgIpc) is 2.44. The van der Waals surface area contributed by atoms with Crippen LogP contribution in [0.5, 0.6) is 0 Å². The molecule has 0 aromatic heterocycles. The van der Waals surface area contributed by atoms with Crippen LogP contribution in [0.25, 0.3) is 0 Å². The lowest BCUT2D eigenvalue weighted by Crippen LogP contribution is -2.34. The number of benzene rings is 1. The molecule has 3 N–H and O–H groups in total. The average molecular weight is 350 g/mol. The molecule has 0 heterocycles. The normalized spacial score (nSPS) is 11.3. The molecule has 0 aliphatic rings. The van der Waals surface area contributed by atoms with Crippen molar-refractivity contribution >= 4 is 36.4 Å². The molecule has 6 heteroatoms. The lowest BCUT2D eigenvalue weighted by molar-refractivity contribution is 0.0938. The monoisotopic (exact) mass is 349 g/mol. The number of rotatable bonds is 8. The Bertz CT molecular complexity index is 426. The number of nitrogens with zero attached hydrogens (tertiary/aromatic N) is 1. The zero-order valence-electron chi connectivity index (χ0n) is 13.7. The maximum absolute atomic E-state index is 12.1. The fraction of sp³-hybridized carbons (Fsp3) is 0.562. The van der Waals surface area contributed by atoms with Gasteiger partial charge >= 0.3 is 0 Å². The number of hydrogen-bond acceptors (Lipinski definition) is 3. The first-order chi connectivity index (χ1) is 9.58. The van der Waals surface area contributed by atoms with Crippen molar-refractivity contribution in [3.8, 4) is 0 Å². The van der Waals surface area contributed by atoms with Gasteiger partial charge in [-0.1, -0.05) is 26.0 Å². The van der Waals surface area contributed by atoms with Gasteiger partial charge in [0.25, 0.3) is 5.91 Å². The van der Waals surface area contributed by atoms with Crippen molar-refractivity contribution in [3.63, 3.8) is 0 Å². The van der Waals surface area contributed by atoms with Crippen LogP contribution in [0.2, 0.25) is 0 Å². The minimum Gasteiger partial charge on any atom is -0.398 e. The summed E-state index contributed by atoms with van der Waals surface area (Å²) in [5.74, 6) is -0.0848. The number of carbonyl (C=O) groups is 1. The van der Waals surface area contributed by atoms with Crippen LogP contribution >= 0.6 is 24.8 Å². The molecule has 1 atom stereocenters. The largest absolute Gasteiger partial charge is 0.398 e. The van der Waals surface area contributed by atoms with Crippen molar-refractivity contribution in [2.45, 2.75) is 39.7 Å². The van der Waals surface area contributed by atoms with Crippen LogP contribution in [0.4, 0.5) is 5.69 Å². The van der Waals surface area contributed by atoms with Gasteiger partial charge in [-0.05, 0) is 51.5 Å². The summed E-state index contributed by atoms with van der Waals surface area (Å²) in [7, 11) is 0. The predicted octanol–water partition coefficient (Wildman–Crippen LogP) is 3.35. The predicted molar refractivity (Wildman–Crippen MR) is 99.3 cm³/mol. The molecule has 1 rings (SSSR count). The molecule has 1 aromatic rings. The number of anilines is 1. The summed E-state index contributed by atoms with van der Waals surface area (Å²) < 4.78 is 0. The van der Waals surface area contributed by atoms with Crippen molar-refractivity contribution in [1.29, 1.82) is 0 Å². The van der Waals surface area contributed by atoms with Gasteiger partial charge in [-0.3, -0.25) is 4.79 Å². The Morgan fingerprint density at radius 3 is 2.36 bits per heavy atom. The minimum atomic E-state index is -0.0848. The van der Waals surface area contributed by atoms with Crippen molar-refractivity contribution in [2.75, 3.05) is 25.4 Å². The number of nitrogens with one attached hydrogen (secondary N) is 1. The van der Waals surface area contributed by atoms with Crippen molar-refractivity contribution in [3.05, 3.63) is 29.8 Å². The third-order valence-corrected chi connectivity index (χ3v) is 3.59. The zero-order valence-corrected chi connectivity index (χ0v) is 15.3. The van der Waals surface area contributed by atoms with Crippen molar-refractivity contribution < 1.29 is 4.79 Å². The molecule has 0 saturated carbocycles. The molecule has 1 unspecified atom stereocenters. The lowest BCUT2D eigenvalue weighted by atomic mass is 10.1. The Balaban J connectivity index is 0. The van der Waals surface area contributed by atoms with Crippen LogP contribution in [0.3, 0.4) is 0 Å². The molecule has 22 heavy (non-hydrogen) atoms. The van der Waals surface area contributed by atoms with Gasteiger partial charge < -0.3 is 16.0 Å². The second-order valence-electron chi connectivity index (χ2n) is 5.13. The SMILES string of the molecule is CCN(CC)CCCC(C)NC(=O)c1ccccc1N.Cl.Cl. The second kappa shape index (κ2) is 12.6. The van der Waals surface area contributed by atoms with Gasteiger partial charge in [0.2, 0.25) is 0 Å². The van der Waals surface area contributed by atoms with Crippen LogP contribution in [0.1, 0.15) is 44.0 Å². The Hall–Kier alpha value is -0.970. The van der Waals surface area contributed by atoms with E-state index in [1.807, 2.05) is 19.1 Å². The fourth-order valence-electron chi connectivity index (χ4n) is 2.24. The molecule has 0 spiro atoms. The molecular formula is C16H29Cl2N3O. The molecule has 0 fully saturated rings. The van der Waals surface area contributed by atoms with Gasteiger partial charge in [0.05, 0.1) is 5.56 Å². The Morgan fingerprint density at radius 1 is 1.23 bits per heavy atom. The molecule has 0 bridgehead atoms. The van der Waals surface area contributed by atoms with E-state index in [9.17, 15) is 4.79 Å². The minimum absolute atomic E-state index is 0. The third kappa shape index (κ3) is 7.87. The number of nitrogen functional groups attached to an aromatic ring is 1. The van der Waals surface area contributed by atoms with Crippen molar-refractivity contribution in [1.82, 2.24) is 10.2 Å². The van der Waals surface area contributed by atoms with Gasteiger partial charge in [-0.15, -0.1) is 24.8 Å². The van der Waals surface area contributed by atoms with Gasteiger partial charge in [-0.2, -0.15) is 0 Å². The number of para-hydroxylation sites is 1. The zero-order chi connectivity index (χ0) is 15.0. The maximum atomic E-state index is 12.1. The molecule has 0 saturated heterocycles. The highest BCUT2D eigenvalue weighted by molar-refractivity contribution is 5.99. The number of hydrogen-bond donors (Lipinski definition) is 2. The van der Waals surface area contributed by atoms with Gasteiger partial charge in [0.1, 0.15) is 0 Å². The van der Waals surface area contributed by atoms with E-state index in [1.54, 1.807) is 12.1 Å². The topological polar surface area (TPSA) is 58.4 Å². The van der Waals surface area contributed by atoms with Crippen LogP contribution in [0.15, 0.2) is 24.3 Å². The van der Waals surface area contributed by atoms with Crippen LogP contribution in [-0.2, 0) is 0 Å². The smallest absolute Gasteiger partial charge is 0.253 e. The summed E-state index contributed by atoms with van der Waals surface area (Å²) in [5.41, 5.74) is 6.89. The second-order valence-corrected chi connectivity index (χ2v) is 5.13. The van der Waals surface area contributed by atoms with E-state index in [0.717, 1.165) is 32.5 Å². The van der Waals surface area contributed by atoms with Crippen LogP contribution < -0.4 is 11.1 Å². The third-order valence-electron chi connectivity index (χ3n) is 3.59. The summed E-state index contributed by atoms with van der Waals surface area (Å²) >= 11 is 0. The molecule has 0 aliphatic carbocycles. The van der Waals surface area contributed by atoms with Crippen LogP contribution in [-0.4, -0.2) is 36.5 Å². The summed E-state index contributed by atoms with van der Waals surface area (Å²) in [5, 5.41) is 3.01.